The molecule has 1 atom stereocenters. The molecule has 1 aliphatic rings. The summed E-state index contributed by atoms with van der Waals surface area (Å²) in [6.45, 7) is 1.73. The van der Waals surface area contributed by atoms with Gasteiger partial charge in [0.25, 0.3) is 21.6 Å². The van der Waals surface area contributed by atoms with E-state index in [0.29, 0.717) is 0 Å². The van der Waals surface area contributed by atoms with E-state index in [1.807, 2.05) is 0 Å². The fraction of sp³-hybridized carbons (Fsp3) is 0.400. The molecular weight excluding hydrogens is 474 g/mol. The lowest BCUT2D eigenvalue weighted by atomic mass is 9.98. The van der Waals surface area contributed by atoms with E-state index in [0.717, 1.165) is 17.4 Å². The van der Waals surface area contributed by atoms with Crippen molar-refractivity contribution in [1.82, 2.24) is 4.31 Å². The Kier molecular flexibility index (Phi) is 7.66. The lowest BCUT2D eigenvalue weighted by molar-refractivity contribution is -0.384. The van der Waals surface area contributed by atoms with Crippen molar-refractivity contribution < 1.29 is 32.4 Å². The normalized spacial score (nSPS) is 16.1. The second kappa shape index (κ2) is 10.3. The number of rotatable bonds is 8. The summed E-state index contributed by atoms with van der Waals surface area (Å²) < 4.78 is 37.2. The number of piperidine rings is 1. The van der Waals surface area contributed by atoms with E-state index >= 15 is 0 Å². The van der Waals surface area contributed by atoms with Crippen molar-refractivity contribution >= 4 is 44.6 Å². The Balaban J connectivity index is 1.56. The molecule has 1 aromatic heterocycles. The summed E-state index contributed by atoms with van der Waals surface area (Å²) in [5.41, 5.74) is -0.160. The number of nitrogens with zero attached hydrogens (tertiary/aromatic N) is 2. The van der Waals surface area contributed by atoms with Gasteiger partial charge in [-0.15, -0.1) is 11.3 Å². The molecule has 13 heteroatoms. The minimum Gasteiger partial charge on any atom is -0.495 e. The first kappa shape index (κ1) is 24.6. The Labute approximate surface area is 194 Å². The summed E-state index contributed by atoms with van der Waals surface area (Å²) >= 11 is 1.14. The van der Waals surface area contributed by atoms with Gasteiger partial charge in [0.05, 0.1) is 23.6 Å². The molecule has 0 saturated carbocycles. The van der Waals surface area contributed by atoms with Gasteiger partial charge >= 0.3 is 5.97 Å². The molecule has 1 amide bonds. The summed E-state index contributed by atoms with van der Waals surface area (Å²) in [4.78, 5) is 35.4. The third kappa shape index (κ3) is 5.67. The number of carbonyl (C=O) groups is 2. The zero-order valence-electron chi connectivity index (χ0n) is 17.9. The number of ether oxygens (including phenoxy) is 2. The van der Waals surface area contributed by atoms with E-state index in [9.17, 15) is 28.1 Å². The largest absolute Gasteiger partial charge is 0.495 e. The molecule has 3 rings (SSSR count). The van der Waals surface area contributed by atoms with Crippen LogP contribution in [0.15, 0.2) is 39.9 Å². The smallest absolute Gasteiger partial charge is 0.309 e. The van der Waals surface area contributed by atoms with Crippen LogP contribution in [0.1, 0.15) is 19.8 Å². The van der Waals surface area contributed by atoms with Gasteiger partial charge in [-0.05, 0) is 37.3 Å². The summed E-state index contributed by atoms with van der Waals surface area (Å²) in [6, 6.07) is 6.94. The van der Waals surface area contributed by atoms with Crippen LogP contribution < -0.4 is 10.1 Å². The number of esters is 1. The summed E-state index contributed by atoms with van der Waals surface area (Å²) in [5, 5.41) is 15.1. The molecule has 2 aromatic rings. The van der Waals surface area contributed by atoms with Crippen LogP contribution in [0.25, 0.3) is 0 Å². The number of amides is 1. The van der Waals surface area contributed by atoms with E-state index in [1.54, 1.807) is 11.4 Å². The van der Waals surface area contributed by atoms with Crippen LogP contribution in [-0.4, -0.2) is 55.8 Å². The number of nitro benzene ring substituents is 1. The Bertz CT molecular complexity index is 1130. The van der Waals surface area contributed by atoms with Crippen molar-refractivity contribution in [3.63, 3.8) is 0 Å². The average molecular weight is 498 g/mol. The first-order chi connectivity index (χ1) is 15.6. The zero-order chi connectivity index (χ0) is 24.2. The molecule has 0 unspecified atom stereocenters. The van der Waals surface area contributed by atoms with Gasteiger partial charge in [0, 0.05) is 25.2 Å². The first-order valence-electron chi connectivity index (χ1n) is 10.0. The van der Waals surface area contributed by atoms with Crippen LogP contribution in [0.3, 0.4) is 0 Å². The van der Waals surface area contributed by atoms with Crippen molar-refractivity contribution in [2.24, 2.45) is 5.92 Å². The van der Waals surface area contributed by atoms with Gasteiger partial charge in [-0.1, -0.05) is 6.07 Å². The van der Waals surface area contributed by atoms with Crippen LogP contribution in [0.2, 0.25) is 0 Å². The highest BCUT2D eigenvalue weighted by Gasteiger charge is 2.34. The first-order valence-corrected chi connectivity index (χ1v) is 12.3. The minimum atomic E-state index is -3.58. The molecule has 1 aliphatic heterocycles. The fourth-order valence-corrected chi connectivity index (χ4v) is 5.95. The highest BCUT2D eigenvalue weighted by atomic mass is 32.2. The number of hydrogen-bond donors (Lipinski definition) is 1. The number of benzene rings is 1. The van der Waals surface area contributed by atoms with Crippen molar-refractivity contribution in [2.45, 2.75) is 30.1 Å². The number of nitrogens with one attached hydrogen (secondary N) is 1. The summed E-state index contributed by atoms with van der Waals surface area (Å²) in [5.74, 6) is -1.61. The molecule has 0 spiro atoms. The summed E-state index contributed by atoms with van der Waals surface area (Å²) in [6.07, 6.45) is -0.623. The Morgan fingerprint density at radius 1 is 1.27 bits per heavy atom. The number of sulfonamides is 1. The van der Waals surface area contributed by atoms with Crippen LogP contribution in [0.5, 0.6) is 5.75 Å². The Morgan fingerprint density at radius 2 is 1.97 bits per heavy atom. The molecular formula is C20H23N3O8S2. The van der Waals surface area contributed by atoms with Crippen LogP contribution in [-0.2, 0) is 24.3 Å². The monoisotopic (exact) mass is 497 g/mol. The number of anilines is 1. The quantitative estimate of drug-likeness (QED) is 0.333. The topological polar surface area (TPSA) is 145 Å². The molecule has 178 valence electrons. The second-order valence-electron chi connectivity index (χ2n) is 7.32. The Morgan fingerprint density at radius 3 is 2.55 bits per heavy atom. The molecule has 0 aliphatic carbocycles. The van der Waals surface area contributed by atoms with Gasteiger partial charge in [-0.2, -0.15) is 4.31 Å². The molecule has 0 radical (unpaired) electrons. The van der Waals surface area contributed by atoms with Crippen LogP contribution in [0.4, 0.5) is 11.4 Å². The SMILES string of the molecule is COc1ccc([N+](=O)[O-])cc1NC(=O)[C@H](C)OC(=O)C1CCN(S(=O)(=O)c2cccs2)CC1. The maximum atomic E-state index is 12.6. The average Bonchev–Trinajstić information content (AvgIpc) is 3.35. The van der Waals surface area contributed by atoms with E-state index in [2.05, 4.69) is 5.32 Å². The molecule has 1 fully saturated rings. The van der Waals surface area contributed by atoms with Gasteiger partial charge in [0.2, 0.25) is 0 Å². The van der Waals surface area contributed by atoms with Gasteiger partial charge < -0.3 is 14.8 Å². The van der Waals surface area contributed by atoms with E-state index in [-0.39, 0.29) is 47.3 Å². The molecule has 33 heavy (non-hydrogen) atoms. The number of thiophene rings is 1. The third-order valence-corrected chi connectivity index (χ3v) is 8.46. The third-order valence-electron chi connectivity index (χ3n) is 5.19. The van der Waals surface area contributed by atoms with E-state index in [4.69, 9.17) is 9.47 Å². The van der Waals surface area contributed by atoms with Crippen molar-refractivity contribution in [3.8, 4) is 5.75 Å². The lowest BCUT2D eigenvalue weighted by Crippen LogP contribution is -2.41. The standard InChI is InChI=1S/C20H23N3O8S2/c1-13(19(24)21-16-12-15(23(26)27)5-6-17(16)30-2)31-20(25)14-7-9-22(10-8-14)33(28,29)18-4-3-11-32-18/h3-6,11-14H,7-10H2,1-2H3,(H,21,24)/t13-/m0/s1. The van der Waals surface area contributed by atoms with Gasteiger partial charge in [0.1, 0.15) is 9.96 Å². The highest BCUT2D eigenvalue weighted by molar-refractivity contribution is 7.91. The number of nitro groups is 1. The number of methoxy groups -OCH3 is 1. The molecule has 1 saturated heterocycles. The van der Waals surface area contributed by atoms with Gasteiger partial charge in [0.15, 0.2) is 6.10 Å². The van der Waals surface area contributed by atoms with Gasteiger partial charge in [-0.3, -0.25) is 19.7 Å². The van der Waals surface area contributed by atoms with E-state index < -0.39 is 38.8 Å². The molecule has 1 N–H and O–H groups in total. The number of carbonyl (C=O) groups excluding carboxylic acids is 2. The molecule has 2 heterocycles. The van der Waals surface area contributed by atoms with Crippen molar-refractivity contribution in [2.75, 3.05) is 25.5 Å². The van der Waals surface area contributed by atoms with Crippen molar-refractivity contribution in [3.05, 3.63) is 45.8 Å². The maximum Gasteiger partial charge on any atom is 0.309 e. The van der Waals surface area contributed by atoms with Gasteiger partial charge in [-0.25, -0.2) is 8.42 Å². The van der Waals surface area contributed by atoms with Crippen molar-refractivity contribution in [1.29, 1.82) is 0 Å². The fourth-order valence-electron chi connectivity index (χ4n) is 3.33. The number of non-ortho nitro benzene ring substituents is 1. The zero-order valence-corrected chi connectivity index (χ0v) is 19.6. The van der Waals surface area contributed by atoms with Crippen LogP contribution >= 0.6 is 11.3 Å². The predicted molar refractivity (Wildman–Crippen MR) is 120 cm³/mol. The minimum absolute atomic E-state index is 0.0756. The molecule has 1 aromatic carbocycles. The predicted octanol–water partition coefficient (Wildman–Crippen LogP) is 2.64. The molecule has 11 nitrogen and oxygen atoms in total. The Hall–Kier alpha value is -3.03. The second-order valence-corrected chi connectivity index (χ2v) is 10.4. The number of hydrogen-bond acceptors (Lipinski definition) is 9. The molecule has 0 bridgehead atoms. The highest BCUT2D eigenvalue weighted by Crippen LogP contribution is 2.30. The maximum absolute atomic E-state index is 12.6. The van der Waals surface area contributed by atoms with Crippen LogP contribution in [0, 0.1) is 16.0 Å². The van der Waals surface area contributed by atoms with E-state index in [1.165, 1.54) is 36.5 Å². The lowest BCUT2D eigenvalue weighted by Gasteiger charge is -2.30. The summed E-state index contributed by atoms with van der Waals surface area (Å²) in [7, 11) is -2.23.